The summed E-state index contributed by atoms with van der Waals surface area (Å²) in [4.78, 5) is 0.0766. The first-order valence-electron chi connectivity index (χ1n) is 5.33. The van der Waals surface area contributed by atoms with Gasteiger partial charge in [-0.15, -0.1) is 0 Å². The molecule has 0 atom stereocenters. The van der Waals surface area contributed by atoms with Gasteiger partial charge in [0.1, 0.15) is 5.82 Å². The number of hydrogen-bond acceptors (Lipinski definition) is 2. The first kappa shape index (κ1) is 12.6. The summed E-state index contributed by atoms with van der Waals surface area (Å²) in [5, 5.41) is 0. The van der Waals surface area contributed by atoms with E-state index in [0.29, 0.717) is 11.3 Å². The zero-order chi connectivity index (χ0) is 13.2. The molecule has 3 nitrogen and oxygen atoms in total. The fourth-order valence-corrected chi connectivity index (χ4v) is 2.92. The molecule has 2 rings (SSSR count). The number of hydrogen-bond donors (Lipinski definition) is 1. The topological polar surface area (TPSA) is 46.2 Å². The molecule has 0 unspecified atom stereocenters. The standard InChI is InChI=1S/C13H12FNO2S/c1-10-9-11(14)7-8-13(10)18(16,17)15-12-5-3-2-4-6-12/h2-9,15H,1H3. The molecule has 0 aromatic heterocycles. The Kier molecular flexibility index (Phi) is 3.34. The minimum atomic E-state index is -3.68. The van der Waals surface area contributed by atoms with E-state index in [9.17, 15) is 12.8 Å². The van der Waals surface area contributed by atoms with Crippen LogP contribution in [0.3, 0.4) is 0 Å². The van der Waals surface area contributed by atoms with Gasteiger partial charge < -0.3 is 0 Å². The first-order chi connectivity index (χ1) is 8.49. The number of aryl methyl sites for hydroxylation is 1. The minimum Gasteiger partial charge on any atom is -0.280 e. The molecule has 0 saturated carbocycles. The molecule has 2 aromatic carbocycles. The number of para-hydroxylation sites is 1. The van der Waals surface area contributed by atoms with Crippen molar-refractivity contribution in [2.45, 2.75) is 11.8 Å². The molecule has 2 aromatic rings. The van der Waals surface area contributed by atoms with E-state index in [1.165, 1.54) is 12.1 Å². The summed E-state index contributed by atoms with van der Waals surface area (Å²) in [7, 11) is -3.68. The zero-order valence-corrected chi connectivity index (χ0v) is 10.5. The summed E-state index contributed by atoms with van der Waals surface area (Å²) < 4.78 is 39.6. The molecule has 18 heavy (non-hydrogen) atoms. The molecule has 0 radical (unpaired) electrons. The van der Waals surface area contributed by atoms with Crippen LogP contribution in [0, 0.1) is 12.7 Å². The van der Waals surface area contributed by atoms with E-state index in [2.05, 4.69) is 4.72 Å². The van der Waals surface area contributed by atoms with Crippen LogP contribution in [-0.4, -0.2) is 8.42 Å². The quantitative estimate of drug-likeness (QED) is 0.927. The van der Waals surface area contributed by atoms with Gasteiger partial charge in [0, 0.05) is 5.69 Å². The maximum absolute atomic E-state index is 12.9. The lowest BCUT2D eigenvalue weighted by Gasteiger charge is -2.10. The highest BCUT2D eigenvalue weighted by Gasteiger charge is 2.16. The summed E-state index contributed by atoms with van der Waals surface area (Å²) in [6.45, 7) is 1.56. The van der Waals surface area contributed by atoms with Gasteiger partial charge in [-0.25, -0.2) is 12.8 Å². The Morgan fingerprint density at radius 3 is 2.33 bits per heavy atom. The maximum atomic E-state index is 12.9. The van der Waals surface area contributed by atoms with Gasteiger partial charge in [-0.1, -0.05) is 18.2 Å². The van der Waals surface area contributed by atoms with Crippen LogP contribution in [0.15, 0.2) is 53.4 Å². The molecule has 94 valence electrons. The molecule has 0 amide bonds. The van der Waals surface area contributed by atoms with Crippen LogP contribution in [0.2, 0.25) is 0 Å². The van der Waals surface area contributed by atoms with Gasteiger partial charge in [0.25, 0.3) is 10.0 Å². The molecule has 5 heteroatoms. The van der Waals surface area contributed by atoms with Crippen LogP contribution in [-0.2, 0) is 10.0 Å². The van der Waals surface area contributed by atoms with Crippen LogP contribution < -0.4 is 4.72 Å². The Morgan fingerprint density at radius 1 is 1.06 bits per heavy atom. The van der Waals surface area contributed by atoms with E-state index in [1.54, 1.807) is 37.3 Å². The number of nitrogens with one attached hydrogen (secondary N) is 1. The Morgan fingerprint density at radius 2 is 1.72 bits per heavy atom. The molecule has 0 bridgehead atoms. The predicted molar refractivity (Wildman–Crippen MR) is 68.4 cm³/mol. The average Bonchev–Trinajstić information content (AvgIpc) is 2.29. The largest absolute Gasteiger partial charge is 0.280 e. The fraction of sp³-hybridized carbons (Fsp3) is 0.0769. The number of benzene rings is 2. The lowest BCUT2D eigenvalue weighted by Crippen LogP contribution is -2.14. The van der Waals surface area contributed by atoms with Crippen LogP contribution in [0.1, 0.15) is 5.56 Å². The highest BCUT2D eigenvalue weighted by molar-refractivity contribution is 7.92. The van der Waals surface area contributed by atoms with Gasteiger partial charge in [-0.3, -0.25) is 4.72 Å². The summed E-state index contributed by atoms with van der Waals surface area (Å²) in [6.07, 6.45) is 0. The normalized spacial score (nSPS) is 11.2. The third kappa shape index (κ3) is 2.68. The summed E-state index contributed by atoms with van der Waals surface area (Å²) in [5.41, 5.74) is 0.847. The molecule has 0 aliphatic heterocycles. The lowest BCUT2D eigenvalue weighted by atomic mass is 10.2. The van der Waals surface area contributed by atoms with Crippen molar-refractivity contribution in [2.75, 3.05) is 4.72 Å². The smallest absolute Gasteiger partial charge is 0.262 e. The van der Waals surface area contributed by atoms with Crippen LogP contribution in [0.4, 0.5) is 10.1 Å². The first-order valence-corrected chi connectivity index (χ1v) is 6.81. The van der Waals surface area contributed by atoms with Crippen molar-refractivity contribution < 1.29 is 12.8 Å². The molecular weight excluding hydrogens is 253 g/mol. The molecule has 0 saturated heterocycles. The van der Waals surface area contributed by atoms with Gasteiger partial charge in [0.2, 0.25) is 0 Å². The molecular formula is C13H12FNO2S. The summed E-state index contributed by atoms with van der Waals surface area (Å²) >= 11 is 0. The van der Waals surface area contributed by atoms with Crippen molar-refractivity contribution in [3.8, 4) is 0 Å². The van der Waals surface area contributed by atoms with E-state index in [-0.39, 0.29) is 4.90 Å². The number of sulfonamides is 1. The van der Waals surface area contributed by atoms with E-state index in [0.717, 1.165) is 6.07 Å². The van der Waals surface area contributed by atoms with Crippen molar-refractivity contribution in [3.63, 3.8) is 0 Å². The fourth-order valence-electron chi connectivity index (χ4n) is 1.63. The van der Waals surface area contributed by atoms with Gasteiger partial charge in [0.15, 0.2) is 0 Å². The maximum Gasteiger partial charge on any atom is 0.262 e. The summed E-state index contributed by atoms with van der Waals surface area (Å²) in [5.74, 6) is -0.453. The molecule has 0 heterocycles. The SMILES string of the molecule is Cc1cc(F)ccc1S(=O)(=O)Nc1ccccc1. The van der Waals surface area contributed by atoms with Crippen LogP contribution in [0.5, 0.6) is 0 Å². The minimum absolute atomic E-state index is 0.0766. The highest BCUT2D eigenvalue weighted by Crippen LogP contribution is 2.19. The Balaban J connectivity index is 2.37. The second kappa shape index (κ2) is 4.78. The zero-order valence-electron chi connectivity index (χ0n) is 9.72. The van der Waals surface area contributed by atoms with Gasteiger partial charge in [-0.2, -0.15) is 0 Å². The molecule has 1 N–H and O–H groups in total. The number of anilines is 1. The Bertz CT molecular complexity index is 654. The molecule has 0 fully saturated rings. The average molecular weight is 265 g/mol. The van der Waals surface area contributed by atoms with Crippen molar-refractivity contribution in [2.24, 2.45) is 0 Å². The molecule has 0 aliphatic rings. The lowest BCUT2D eigenvalue weighted by molar-refractivity contribution is 0.598. The molecule has 0 aliphatic carbocycles. The van der Waals surface area contributed by atoms with E-state index in [1.807, 2.05) is 0 Å². The second-order valence-corrected chi connectivity index (χ2v) is 5.53. The second-order valence-electron chi connectivity index (χ2n) is 3.88. The van der Waals surface area contributed by atoms with Crippen molar-refractivity contribution in [1.82, 2.24) is 0 Å². The number of rotatable bonds is 3. The summed E-state index contributed by atoms with van der Waals surface area (Å²) in [6, 6.07) is 12.1. The Labute approximate surface area is 105 Å². The van der Waals surface area contributed by atoms with Gasteiger partial charge in [-0.05, 0) is 42.8 Å². The molecule has 0 spiro atoms. The Hall–Kier alpha value is -1.88. The van der Waals surface area contributed by atoms with E-state index >= 15 is 0 Å². The predicted octanol–water partition coefficient (Wildman–Crippen LogP) is 2.93. The number of halogens is 1. The highest BCUT2D eigenvalue weighted by atomic mass is 32.2. The van der Waals surface area contributed by atoms with Crippen LogP contribution in [0.25, 0.3) is 0 Å². The third-order valence-corrected chi connectivity index (χ3v) is 3.99. The van der Waals surface area contributed by atoms with E-state index < -0.39 is 15.8 Å². The van der Waals surface area contributed by atoms with Crippen molar-refractivity contribution in [1.29, 1.82) is 0 Å². The van der Waals surface area contributed by atoms with Gasteiger partial charge >= 0.3 is 0 Å². The van der Waals surface area contributed by atoms with Gasteiger partial charge in [0.05, 0.1) is 4.90 Å². The van der Waals surface area contributed by atoms with Crippen molar-refractivity contribution in [3.05, 3.63) is 59.9 Å². The van der Waals surface area contributed by atoms with E-state index in [4.69, 9.17) is 0 Å². The van der Waals surface area contributed by atoms with Crippen LogP contribution >= 0.6 is 0 Å². The monoisotopic (exact) mass is 265 g/mol. The van der Waals surface area contributed by atoms with Crippen molar-refractivity contribution >= 4 is 15.7 Å². The third-order valence-electron chi connectivity index (χ3n) is 2.45.